The quantitative estimate of drug-likeness (QED) is 0.176. The molecule has 0 aromatic heterocycles. The molecule has 0 saturated carbocycles. The van der Waals surface area contributed by atoms with Crippen LogP contribution in [0.15, 0.2) is 12.2 Å². The third-order valence-electron chi connectivity index (χ3n) is 4.35. The minimum Gasteiger partial charge on any atom is -0.466 e. The molecule has 0 radical (unpaired) electrons. The van der Waals surface area contributed by atoms with Crippen molar-refractivity contribution in [2.24, 2.45) is 0 Å². The fourth-order valence-electron chi connectivity index (χ4n) is 2.91. The van der Waals surface area contributed by atoms with Gasteiger partial charge in [-0.15, -0.1) is 0 Å². The van der Waals surface area contributed by atoms with Crippen LogP contribution < -0.4 is 0 Å². The second-order valence-electron chi connectivity index (χ2n) is 7.04. The largest absolute Gasteiger partial charge is 0.466 e. The maximum Gasteiger partial charge on any atom is 0.302 e. The van der Waals surface area contributed by atoms with E-state index in [1.54, 1.807) is 0 Å². The molecule has 0 bridgehead atoms. The summed E-state index contributed by atoms with van der Waals surface area (Å²) in [5.74, 6) is -0.360. The van der Waals surface area contributed by atoms with Crippen LogP contribution in [-0.2, 0) is 19.1 Å². The molecule has 4 nitrogen and oxygen atoms in total. The van der Waals surface area contributed by atoms with E-state index in [0.29, 0.717) is 6.61 Å². The first-order chi connectivity index (χ1) is 12.6. The van der Waals surface area contributed by atoms with Crippen molar-refractivity contribution in [2.75, 3.05) is 6.61 Å². The number of ether oxygens (including phenoxy) is 2. The van der Waals surface area contributed by atoms with Gasteiger partial charge in [-0.05, 0) is 32.1 Å². The van der Waals surface area contributed by atoms with Crippen molar-refractivity contribution in [3.63, 3.8) is 0 Å². The lowest BCUT2D eigenvalue weighted by atomic mass is 10.1. The summed E-state index contributed by atoms with van der Waals surface area (Å²) in [4.78, 5) is 21.8. The van der Waals surface area contributed by atoms with Gasteiger partial charge < -0.3 is 9.47 Å². The molecular formula is C22H40O4. The van der Waals surface area contributed by atoms with E-state index in [1.807, 2.05) is 0 Å². The minimum absolute atomic E-state index is 0.0397. The Balaban J connectivity index is 3.61. The molecule has 4 heteroatoms. The van der Waals surface area contributed by atoms with Gasteiger partial charge in [0.25, 0.3) is 0 Å². The zero-order chi connectivity index (χ0) is 19.5. The molecule has 0 amide bonds. The third kappa shape index (κ3) is 19.0. The average Bonchev–Trinajstić information content (AvgIpc) is 2.58. The number of hydrogen-bond acceptors (Lipinski definition) is 4. The van der Waals surface area contributed by atoms with Crippen molar-refractivity contribution >= 4 is 11.9 Å². The molecule has 0 aliphatic rings. The van der Waals surface area contributed by atoms with Crippen molar-refractivity contribution in [3.05, 3.63) is 12.2 Å². The van der Waals surface area contributed by atoms with E-state index >= 15 is 0 Å². The van der Waals surface area contributed by atoms with Crippen LogP contribution in [0.25, 0.3) is 0 Å². The summed E-state index contributed by atoms with van der Waals surface area (Å²) in [5, 5.41) is 0. The Morgan fingerprint density at radius 3 is 2.12 bits per heavy atom. The normalized spacial score (nSPS) is 12.3. The predicted octanol–water partition coefficient (Wildman–Crippen LogP) is 6.13. The molecule has 0 rings (SSSR count). The lowest BCUT2D eigenvalue weighted by Crippen LogP contribution is -2.15. The SMILES string of the molecule is CCCCCCC(C/C=C/CCCCCCCCOC(C)=O)OC(C)=O. The standard InChI is InChI=1S/C22H40O4/c1-4-5-6-14-17-22(26-21(3)24)18-15-12-10-8-7-9-11-13-16-19-25-20(2)23/h12,15,22H,4-11,13-14,16-19H2,1-3H3/b15-12+. The topological polar surface area (TPSA) is 52.6 Å². The Labute approximate surface area is 160 Å². The van der Waals surface area contributed by atoms with Crippen molar-refractivity contribution in [1.29, 1.82) is 0 Å². The van der Waals surface area contributed by atoms with Gasteiger partial charge in [-0.2, -0.15) is 0 Å². The van der Waals surface area contributed by atoms with Gasteiger partial charge in [-0.3, -0.25) is 9.59 Å². The van der Waals surface area contributed by atoms with Gasteiger partial charge in [0.15, 0.2) is 0 Å². The van der Waals surface area contributed by atoms with Gasteiger partial charge >= 0.3 is 11.9 Å². The van der Waals surface area contributed by atoms with E-state index < -0.39 is 0 Å². The summed E-state index contributed by atoms with van der Waals surface area (Å²) in [5.41, 5.74) is 0. The lowest BCUT2D eigenvalue weighted by Gasteiger charge is -2.15. The highest BCUT2D eigenvalue weighted by molar-refractivity contribution is 5.66. The average molecular weight is 369 g/mol. The maximum atomic E-state index is 11.2. The zero-order valence-electron chi connectivity index (χ0n) is 17.3. The van der Waals surface area contributed by atoms with Crippen LogP contribution >= 0.6 is 0 Å². The van der Waals surface area contributed by atoms with Crippen molar-refractivity contribution in [1.82, 2.24) is 0 Å². The summed E-state index contributed by atoms with van der Waals surface area (Å²) >= 11 is 0. The first kappa shape index (κ1) is 24.7. The van der Waals surface area contributed by atoms with Crippen molar-refractivity contribution < 1.29 is 19.1 Å². The lowest BCUT2D eigenvalue weighted by molar-refractivity contribution is -0.146. The number of allylic oxidation sites excluding steroid dienone is 1. The Kier molecular flexibility index (Phi) is 17.5. The van der Waals surface area contributed by atoms with Crippen molar-refractivity contribution in [3.8, 4) is 0 Å². The first-order valence-electron chi connectivity index (χ1n) is 10.5. The van der Waals surface area contributed by atoms with E-state index in [4.69, 9.17) is 9.47 Å². The van der Waals surface area contributed by atoms with Gasteiger partial charge in [0.2, 0.25) is 0 Å². The van der Waals surface area contributed by atoms with E-state index in [-0.39, 0.29) is 18.0 Å². The van der Waals surface area contributed by atoms with Gasteiger partial charge in [0, 0.05) is 20.3 Å². The van der Waals surface area contributed by atoms with Gasteiger partial charge in [0.1, 0.15) is 6.10 Å². The molecule has 0 aliphatic heterocycles. The summed E-state index contributed by atoms with van der Waals surface area (Å²) < 4.78 is 10.3. The van der Waals surface area contributed by atoms with Crippen LogP contribution in [0.2, 0.25) is 0 Å². The molecule has 152 valence electrons. The molecule has 0 N–H and O–H groups in total. The molecule has 0 fully saturated rings. The van der Waals surface area contributed by atoms with E-state index in [1.165, 1.54) is 58.8 Å². The summed E-state index contributed by atoms with van der Waals surface area (Å²) in [7, 11) is 0. The number of rotatable bonds is 17. The number of carbonyl (C=O) groups is 2. The molecule has 1 atom stereocenters. The van der Waals surface area contributed by atoms with Crippen LogP contribution in [0.1, 0.15) is 104 Å². The number of esters is 2. The molecule has 0 saturated heterocycles. The highest BCUT2D eigenvalue weighted by atomic mass is 16.5. The highest BCUT2D eigenvalue weighted by Gasteiger charge is 2.09. The Hall–Kier alpha value is -1.32. The second-order valence-corrected chi connectivity index (χ2v) is 7.04. The molecule has 1 unspecified atom stereocenters. The van der Waals surface area contributed by atoms with Gasteiger partial charge in [-0.25, -0.2) is 0 Å². The van der Waals surface area contributed by atoms with Crippen molar-refractivity contribution in [2.45, 2.75) is 110 Å². The zero-order valence-corrected chi connectivity index (χ0v) is 17.3. The first-order valence-corrected chi connectivity index (χ1v) is 10.5. The number of unbranched alkanes of at least 4 members (excludes halogenated alkanes) is 9. The Morgan fingerprint density at radius 1 is 0.808 bits per heavy atom. The van der Waals surface area contributed by atoms with E-state index in [2.05, 4.69) is 19.1 Å². The molecule has 0 aromatic rings. The van der Waals surface area contributed by atoms with Crippen LogP contribution in [0.5, 0.6) is 0 Å². The molecule has 0 aliphatic carbocycles. The van der Waals surface area contributed by atoms with Crippen LogP contribution in [-0.4, -0.2) is 24.6 Å². The Morgan fingerprint density at radius 2 is 1.46 bits per heavy atom. The monoisotopic (exact) mass is 368 g/mol. The number of carbonyl (C=O) groups excluding carboxylic acids is 2. The maximum absolute atomic E-state index is 11.2. The van der Waals surface area contributed by atoms with Gasteiger partial charge in [-0.1, -0.05) is 64.0 Å². The molecular weight excluding hydrogens is 328 g/mol. The second kappa shape index (κ2) is 18.5. The molecule has 0 spiro atoms. The Bertz CT molecular complexity index is 376. The highest BCUT2D eigenvalue weighted by Crippen LogP contribution is 2.13. The minimum atomic E-state index is -0.186. The summed E-state index contributed by atoms with van der Waals surface area (Å²) in [6.07, 6.45) is 19.2. The summed E-state index contributed by atoms with van der Waals surface area (Å²) in [6, 6.07) is 0. The predicted molar refractivity (Wildman–Crippen MR) is 107 cm³/mol. The van der Waals surface area contributed by atoms with Crippen LogP contribution in [0.3, 0.4) is 0 Å². The van der Waals surface area contributed by atoms with E-state index in [9.17, 15) is 9.59 Å². The fourth-order valence-corrected chi connectivity index (χ4v) is 2.91. The van der Waals surface area contributed by atoms with Gasteiger partial charge in [0.05, 0.1) is 6.61 Å². The van der Waals surface area contributed by atoms with Crippen LogP contribution in [0.4, 0.5) is 0 Å². The molecule has 0 aromatic carbocycles. The summed E-state index contributed by atoms with van der Waals surface area (Å²) in [6.45, 7) is 5.71. The number of hydrogen-bond donors (Lipinski definition) is 0. The molecule has 26 heavy (non-hydrogen) atoms. The fraction of sp³-hybridized carbons (Fsp3) is 0.818. The smallest absolute Gasteiger partial charge is 0.302 e. The molecule has 0 heterocycles. The van der Waals surface area contributed by atoms with E-state index in [0.717, 1.165) is 38.5 Å². The van der Waals surface area contributed by atoms with Crippen LogP contribution in [0, 0.1) is 0 Å². The third-order valence-corrected chi connectivity index (χ3v) is 4.35.